The summed E-state index contributed by atoms with van der Waals surface area (Å²) in [5.41, 5.74) is 6.74. The lowest BCUT2D eigenvalue weighted by atomic mass is 10.0. The predicted molar refractivity (Wildman–Crippen MR) is 75.7 cm³/mol. The van der Waals surface area contributed by atoms with Gasteiger partial charge in [-0.3, -0.25) is 9.35 Å². The van der Waals surface area contributed by atoms with E-state index in [1.54, 1.807) is 18.2 Å². The van der Waals surface area contributed by atoms with E-state index in [1.807, 2.05) is 0 Å². The fraction of sp³-hybridized carbons (Fsp3) is 0.154. The smallest absolute Gasteiger partial charge is 0.294 e. The minimum Gasteiger partial charge on any atom is -0.399 e. The Bertz CT molecular complexity index is 784. The predicted octanol–water partition coefficient (Wildman–Crippen LogP) is 1.30. The number of hydrogen-bond acceptors (Lipinski definition) is 4. The maximum absolute atomic E-state index is 11.3. The summed E-state index contributed by atoms with van der Waals surface area (Å²) in [7, 11) is -4.32. The number of nitrogens with two attached hydrogens (primary N) is 1. The maximum Gasteiger partial charge on any atom is 0.294 e. The standard InChI is InChI=1S/C13H14N2O4S/c1-8(16)15-7-10-6-12(20(17,18)19)5-9-4-11(14)2-3-13(9)10/h2-6H,7,14H2,1H3,(H,15,16)(H,17,18,19). The van der Waals surface area contributed by atoms with Gasteiger partial charge >= 0.3 is 0 Å². The molecule has 1 amide bonds. The normalized spacial score (nSPS) is 11.5. The summed E-state index contributed by atoms with van der Waals surface area (Å²) in [4.78, 5) is 10.8. The molecule has 4 N–H and O–H groups in total. The number of benzene rings is 2. The van der Waals surface area contributed by atoms with E-state index >= 15 is 0 Å². The molecule has 0 bridgehead atoms. The summed E-state index contributed by atoms with van der Waals surface area (Å²) in [6.45, 7) is 1.53. The molecule has 0 radical (unpaired) electrons. The van der Waals surface area contributed by atoms with Crippen molar-refractivity contribution >= 4 is 32.5 Å². The number of carbonyl (C=O) groups is 1. The highest BCUT2D eigenvalue weighted by atomic mass is 32.2. The number of rotatable bonds is 3. The molecule has 7 heteroatoms. The summed E-state index contributed by atoms with van der Waals surface area (Å²) in [6, 6.07) is 7.73. The van der Waals surface area contributed by atoms with Crippen LogP contribution in [0.3, 0.4) is 0 Å². The van der Waals surface area contributed by atoms with Gasteiger partial charge in [0.15, 0.2) is 0 Å². The number of hydrogen-bond donors (Lipinski definition) is 3. The molecule has 106 valence electrons. The molecule has 0 aromatic heterocycles. The Labute approximate surface area is 116 Å². The zero-order chi connectivity index (χ0) is 14.9. The van der Waals surface area contributed by atoms with E-state index in [4.69, 9.17) is 5.73 Å². The number of carbonyl (C=O) groups excluding carboxylic acids is 1. The molecule has 0 aliphatic heterocycles. The molecule has 20 heavy (non-hydrogen) atoms. The van der Waals surface area contributed by atoms with E-state index < -0.39 is 10.1 Å². The first-order valence-electron chi connectivity index (χ1n) is 5.81. The van der Waals surface area contributed by atoms with E-state index in [9.17, 15) is 17.8 Å². The molecule has 0 unspecified atom stereocenters. The summed E-state index contributed by atoms with van der Waals surface area (Å²) < 4.78 is 31.8. The minimum absolute atomic E-state index is 0.166. The molecule has 0 aliphatic carbocycles. The molecule has 2 aromatic carbocycles. The third-order valence-electron chi connectivity index (χ3n) is 2.86. The minimum atomic E-state index is -4.32. The lowest BCUT2D eigenvalue weighted by Gasteiger charge is -2.10. The third kappa shape index (κ3) is 3.06. The number of amides is 1. The van der Waals surface area contributed by atoms with Gasteiger partial charge in [-0.1, -0.05) is 6.07 Å². The van der Waals surface area contributed by atoms with E-state index in [-0.39, 0.29) is 17.3 Å². The van der Waals surface area contributed by atoms with Gasteiger partial charge < -0.3 is 11.1 Å². The van der Waals surface area contributed by atoms with Crippen LogP contribution in [0.2, 0.25) is 0 Å². The average Bonchev–Trinajstić information content (AvgIpc) is 2.33. The molecule has 0 heterocycles. The molecule has 2 rings (SSSR count). The van der Waals surface area contributed by atoms with Crippen LogP contribution in [0.15, 0.2) is 35.2 Å². The van der Waals surface area contributed by atoms with Gasteiger partial charge in [0, 0.05) is 19.2 Å². The Morgan fingerprint density at radius 3 is 2.60 bits per heavy atom. The second-order valence-electron chi connectivity index (χ2n) is 4.45. The van der Waals surface area contributed by atoms with Crippen molar-refractivity contribution in [2.45, 2.75) is 18.4 Å². The average molecular weight is 294 g/mol. The summed E-state index contributed by atoms with van der Waals surface area (Å²) in [5, 5.41) is 3.95. The van der Waals surface area contributed by atoms with Crippen LogP contribution in [0, 0.1) is 0 Å². The molecule has 0 aliphatic rings. The number of anilines is 1. The highest BCUT2D eigenvalue weighted by molar-refractivity contribution is 7.85. The topological polar surface area (TPSA) is 109 Å². The fourth-order valence-corrected chi connectivity index (χ4v) is 2.52. The van der Waals surface area contributed by atoms with Crippen LogP contribution in [0.25, 0.3) is 10.8 Å². The zero-order valence-corrected chi connectivity index (χ0v) is 11.6. The molecule has 0 spiro atoms. The highest BCUT2D eigenvalue weighted by Crippen LogP contribution is 2.25. The molecular formula is C13H14N2O4S. The zero-order valence-electron chi connectivity index (χ0n) is 10.8. The van der Waals surface area contributed by atoms with Crippen molar-refractivity contribution in [3.8, 4) is 0 Å². The Morgan fingerprint density at radius 2 is 2.00 bits per heavy atom. The largest absolute Gasteiger partial charge is 0.399 e. The van der Waals surface area contributed by atoms with E-state index in [2.05, 4.69) is 5.32 Å². The lowest BCUT2D eigenvalue weighted by Crippen LogP contribution is -2.19. The first-order valence-corrected chi connectivity index (χ1v) is 7.25. The molecule has 2 aromatic rings. The third-order valence-corrected chi connectivity index (χ3v) is 3.69. The first kappa shape index (κ1) is 14.3. The van der Waals surface area contributed by atoms with Crippen molar-refractivity contribution in [3.05, 3.63) is 35.9 Å². The van der Waals surface area contributed by atoms with Gasteiger partial charge in [0.05, 0.1) is 4.90 Å². The molecule has 6 nitrogen and oxygen atoms in total. The van der Waals surface area contributed by atoms with Crippen LogP contribution in [-0.2, 0) is 21.5 Å². The monoisotopic (exact) mass is 294 g/mol. The molecular weight excluding hydrogens is 280 g/mol. The van der Waals surface area contributed by atoms with Gasteiger partial charge in [-0.2, -0.15) is 8.42 Å². The number of nitrogen functional groups attached to an aromatic ring is 1. The molecule has 0 atom stereocenters. The lowest BCUT2D eigenvalue weighted by molar-refractivity contribution is -0.119. The van der Waals surface area contributed by atoms with Crippen LogP contribution < -0.4 is 11.1 Å². The Balaban J connectivity index is 2.66. The van der Waals surface area contributed by atoms with Crippen LogP contribution in [-0.4, -0.2) is 18.9 Å². The Morgan fingerprint density at radius 1 is 1.30 bits per heavy atom. The summed E-state index contributed by atoms with van der Waals surface area (Å²) in [5.74, 6) is -0.231. The van der Waals surface area contributed by atoms with Crippen molar-refractivity contribution in [2.75, 3.05) is 5.73 Å². The molecule has 0 fully saturated rings. The van der Waals surface area contributed by atoms with E-state index in [1.165, 1.54) is 19.1 Å². The van der Waals surface area contributed by atoms with Crippen molar-refractivity contribution in [1.82, 2.24) is 5.32 Å². The van der Waals surface area contributed by atoms with Crippen molar-refractivity contribution in [3.63, 3.8) is 0 Å². The van der Waals surface area contributed by atoms with Gasteiger partial charge in [0.2, 0.25) is 5.91 Å². The van der Waals surface area contributed by atoms with Gasteiger partial charge in [-0.05, 0) is 40.6 Å². The van der Waals surface area contributed by atoms with E-state index in [0.717, 1.165) is 5.39 Å². The molecule has 0 saturated heterocycles. The fourth-order valence-electron chi connectivity index (χ4n) is 1.95. The second-order valence-corrected chi connectivity index (χ2v) is 5.87. The van der Waals surface area contributed by atoms with Crippen molar-refractivity contribution in [2.24, 2.45) is 0 Å². The van der Waals surface area contributed by atoms with Crippen molar-refractivity contribution in [1.29, 1.82) is 0 Å². The van der Waals surface area contributed by atoms with Crippen LogP contribution >= 0.6 is 0 Å². The second kappa shape index (κ2) is 5.10. The van der Waals surface area contributed by atoms with Gasteiger partial charge in [-0.15, -0.1) is 0 Å². The summed E-state index contributed by atoms with van der Waals surface area (Å²) >= 11 is 0. The van der Waals surface area contributed by atoms with Gasteiger partial charge in [-0.25, -0.2) is 0 Å². The van der Waals surface area contributed by atoms with E-state index in [0.29, 0.717) is 16.6 Å². The van der Waals surface area contributed by atoms with Crippen LogP contribution in [0.5, 0.6) is 0 Å². The number of fused-ring (bicyclic) bond motifs is 1. The van der Waals surface area contributed by atoms with Gasteiger partial charge in [0.25, 0.3) is 10.1 Å². The van der Waals surface area contributed by atoms with Crippen LogP contribution in [0.1, 0.15) is 12.5 Å². The van der Waals surface area contributed by atoms with Gasteiger partial charge in [0.1, 0.15) is 0 Å². The highest BCUT2D eigenvalue weighted by Gasteiger charge is 2.13. The first-order chi connectivity index (χ1) is 9.27. The Kier molecular flexibility index (Phi) is 3.65. The Hall–Kier alpha value is -2.12. The molecule has 0 saturated carbocycles. The maximum atomic E-state index is 11.3. The van der Waals surface area contributed by atoms with Crippen molar-refractivity contribution < 1.29 is 17.8 Å². The summed E-state index contributed by atoms with van der Waals surface area (Å²) in [6.07, 6.45) is 0. The number of nitrogens with one attached hydrogen (secondary N) is 1. The SMILES string of the molecule is CC(=O)NCc1cc(S(=O)(=O)O)cc2cc(N)ccc12. The quantitative estimate of drug-likeness (QED) is 0.584. The van der Waals surface area contributed by atoms with Crippen LogP contribution in [0.4, 0.5) is 5.69 Å².